The summed E-state index contributed by atoms with van der Waals surface area (Å²) in [5.41, 5.74) is -7.58. The number of carbonyl (C=O) groups is 4. The maximum atomic E-state index is 13.6. The monoisotopic (exact) mass is 819 g/mol. The number of hydrogen-bond donors (Lipinski definition) is 3. The molecule has 0 spiro atoms. The molecular weight excluding hydrogens is 780 g/mol. The van der Waals surface area contributed by atoms with Crippen molar-refractivity contribution in [2.75, 3.05) is 5.32 Å². The third kappa shape index (κ3) is 13.2. The summed E-state index contributed by atoms with van der Waals surface area (Å²) in [5, 5.41) is 21.9. The fraction of sp³-hybridized carbons (Fsp3) is 0.516. The summed E-state index contributed by atoms with van der Waals surface area (Å²) in [4.78, 5) is 61.1. The van der Waals surface area contributed by atoms with Crippen LogP contribution in [0.1, 0.15) is 61.1 Å². The number of pyridine rings is 1. The Hall–Kier alpha value is -5.23. The molecule has 55 heavy (non-hydrogen) atoms. The molecule has 4 heterocycles. The molecule has 1 fully saturated rings. The Kier molecular flexibility index (Phi) is 13.4. The van der Waals surface area contributed by atoms with E-state index >= 15 is 0 Å². The Morgan fingerprint density at radius 3 is 2.16 bits per heavy atom. The predicted octanol–water partition coefficient (Wildman–Crippen LogP) is 2.15. The number of halogens is 3. The lowest BCUT2D eigenvalue weighted by Gasteiger charge is -2.36. The van der Waals surface area contributed by atoms with Crippen molar-refractivity contribution in [3.05, 3.63) is 41.8 Å². The lowest BCUT2D eigenvalue weighted by molar-refractivity contribution is -0.671. The zero-order valence-electron chi connectivity index (χ0n) is 31.0. The molecule has 1 saturated heterocycles. The van der Waals surface area contributed by atoms with Crippen molar-refractivity contribution >= 4 is 56.2 Å². The second kappa shape index (κ2) is 16.6. The van der Waals surface area contributed by atoms with Gasteiger partial charge in [-0.05, 0) is 55.4 Å². The number of anilines is 1. The zero-order chi connectivity index (χ0) is 41.7. The van der Waals surface area contributed by atoms with Gasteiger partial charge in [-0.2, -0.15) is 13.2 Å². The van der Waals surface area contributed by atoms with Crippen molar-refractivity contribution in [2.24, 2.45) is 12.2 Å². The fourth-order valence-electron chi connectivity index (χ4n) is 4.00. The van der Waals surface area contributed by atoms with Crippen LogP contribution in [0, 0.1) is 0 Å². The van der Waals surface area contributed by atoms with Gasteiger partial charge in [0.2, 0.25) is 11.5 Å². The minimum Gasteiger partial charge on any atom is -0.741 e. The van der Waals surface area contributed by atoms with Gasteiger partial charge in [-0.15, -0.1) is 16.4 Å². The second-order valence-electron chi connectivity index (χ2n) is 14.3. The van der Waals surface area contributed by atoms with Crippen molar-refractivity contribution in [1.29, 1.82) is 0 Å². The summed E-state index contributed by atoms with van der Waals surface area (Å²) in [6.07, 6.45) is 4.78. The first-order valence-corrected chi connectivity index (χ1v) is 18.3. The minimum atomic E-state index is -6.09. The van der Waals surface area contributed by atoms with Gasteiger partial charge >= 0.3 is 17.6 Å². The number of thiazole rings is 1. The summed E-state index contributed by atoms with van der Waals surface area (Å²) >= 11 is 1.01. The summed E-state index contributed by atoms with van der Waals surface area (Å²) in [5.74, 6) is -1.94. The van der Waals surface area contributed by atoms with Crippen LogP contribution in [0.5, 0.6) is 0 Å². The number of alkyl halides is 3. The molecule has 2 atom stereocenters. The standard InChI is InChI=1S/C30H39N9O7S.CHF3O3S/c1-28(2,3)44-25(42)30(7,8)46-36-22(20-16-47-26(32-20)34-27(43)45-29(4,5)6)24(41)33-21-19(31-23(21)40)15-39-14-18(35-37-39)17-10-12-38(9)13-11-17;2-1(3,4)8(5,6)7/h10-14,16,19,21H,15H2,1-9H3,(H2-,31,32,33,34,40,41,43);(H,5,6,7)/b36-22-;/t19-,21+;/m1./s1. The van der Waals surface area contributed by atoms with Gasteiger partial charge in [-0.25, -0.2) is 32.2 Å². The van der Waals surface area contributed by atoms with E-state index in [4.69, 9.17) is 27.3 Å². The highest BCUT2D eigenvalue weighted by atomic mass is 32.2. The third-order valence-electron chi connectivity index (χ3n) is 6.60. The van der Waals surface area contributed by atoms with Crippen LogP contribution in [-0.4, -0.2) is 96.9 Å². The van der Waals surface area contributed by atoms with Crippen molar-refractivity contribution in [2.45, 2.75) is 96.3 Å². The largest absolute Gasteiger partial charge is 0.741 e. The number of aryl methyl sites for hydroxylation is 1. The summed E-state index contributed by atoms with van der Waals surface area (Å²) in [6, 6.07) is 2.34. The molecule has 19 nitrogen and oxygen atoms in total. The third-order valence-corrected chi connectivity index (χ3v) is 7.93. The van der Waals surface area contributed by atoms with Gasteiger partial charge in [0.15, 0.2) is 33.4 Å². The predicted molar refractivity (Wildman–Crippen MR) is 186 cm³/mol. The Balaban J connectivity index is 0.000000912. The number of amides is 3. The molecule has 3 aromatic rings. The van der Waals surface area contributed by atoms with Crippen molar-refractivity contribution in [3.8, 4) is 11.3 Å². The maximum absolute atomic E-state index is 13.6. The van der Waals surface area contributed by atoms with Crippen LogP contribution in [0.15, 0.2) is 41.3 Å². The number of rotatable bonds is 10. The minimum absolute atomic E-state index is 0.0204. The first-order chi connectivity index (χ1) is 25.0. The number of ether oxygens (including phenoxy) is 2. The van der Waals surface area contributed by atoms with Crippen LogP contribution in [-0.2, 0) is 52.4 Å². The van der Waals surface area contributed by atoms with Gasteiger partial charge in [0.25, 0.3) is 5.91 Å². The van der Waals surface area contributed by atoms with Crippen LogP contribution in [0.3, 0.4) is 0 Å². The number of esters is 1. The molecule has 302 valence electrons. The quantitative estimate of drug-likeness (QED) is 0.0505. The Morgan fingerprint density at radius 1 is 1.05 bits per heavy atom. The van der Waals surface area contributed by atoms with Crippen LogP contribution in [0.4, 0.5) is 23.1 Å². The summed E-state index contributed by atoms with van der Waals surface area (Å²) in [7, 11) is -4.18. The first-order valence-electron chi connectivity index (χ1n) is 16.0. The number of aromatic nitrogens is 5. The first kappa shape index (κ1) is 44.2. The number of oxime groups is 1. The molecule has 0 aliphatic carbocycles. The number of nitrogens with one attached hydrogen (secondary N) is 3. The molecule has 0 unspecified atom stereocenters. The average Bonchev–Trinajstić information content (AvgIpc) is 3.67. The smallest absolute Gasteiger partial charge is 0.485 e. The summed E-state index contributed by atoms with van der Waals surface area (Å²) in [6.45, 7) is 13.4. The van der Waals surface area contributed by atoms with E-state index in [0.717, 1.165) is 16.9 Å². The molecular formula is C31H40F3N9O10S2. The highest BCUT2D eigenvalue weighted by Gasteiger charge is 2.42. The van der Waals surface area contributed by atoms with Crippen LogP contribution >= 0.6 is 11.3 Å². The van der Waals surface area contributed by atoms with E-state index in [2.05, 4.69) is 36.4 Å². The fourth-order valence-corrected chi connectivity index (χ4v) is 4.68. The van der Waals surface area contributed by atoms with E-state index in [1.807, 2.05) is 36.1 Å². The Bertz CT molecular complexity index is 2020. The Morgan fingerprint density at radius 2 is 1.64 bits per heavy atom. The molecule has 24 heteroatoms. The maximum Gasteiger partial charge on any atom is 0.485 e. The number of hydrogen-bond acceptors (Lipinski definition) is 15. The van der Waals surface area contributed by atoms with Crippen LogP contribution < -0.4 is 20.5 Å². The van der Waals surface area contributed by atoms with E-state index in [1.54, 1.807) is 52.4 Å². The van der Waals surface area contributed by atoms with Gasteiger partial charge in [0, 0.05) is 23.1 Å². The number of β-lactam (4-membered cyclic amide) rings is 1. The molecule has 4 rings (SSSR count). The molecule has 3 amide bonds. The van der Waals surface area contributed by atoms with E-state index < -0.39 is 68.4 Å². The number of carbonyl (C=O) groups excluding carboxylic acids is 4. The molecule has 0 aromatic carbocycles. The van der Waals surface area contributed by atoms with Crippen molar-refractivity contribution < 1.29 is 64.2 Å². The molecule has 1 aliphatic heterocycles. The van der Waals surface area contributed by atoms with Crippen LogP contribution in [0.25, 0.3) is 11.3 Å². The van der Waals surface area contributed by atoms with Crippen molar-refractivity contribution in [1.82, 2.24) is 30.6 Å². The van der Waals surface area contributed by atoms with Gasteiger partial charge in [-0.1, -0.05) is 10.4 Å². The van der Waals surface area contributed by atoms with Gasteiger partial charge in [0.1, 0.15) is 35.7 Å². The molecule has 0 radical (unpaired) electrons. The average molecular weight is 820 g/mol. The van der Waals surface area contributed by atoms with Gasteiger partial charge in [0.05, 0.1) is 18.8 Å². The van der Waals surface area contributed by atoms with Crippen LogP contribution in [0.2, 0.25) is 0 Å². The highest BCUT2D eigenvalue weighted by Crippen LogP contribution is 2.23. The van der Waals surface area contributed by atoms with Gasteiger partial charge < -0.3 is 29.5 Å². The number of nitrogens with zero attached hydrogens (tertiary/aromatic N) is 6. The highest BCUT2D eigenvalue weighted by molar-refractivity contribution is 7.86. The van der Waals surface area contributed by atoms with E-state index in [-0.39, 0.29) is 23.1 Å². The second-order valence-corrected chi connectivity index (χ2v) is 16.5. The normalized spacial score (nSPS) is 16.5. The van der Waals surface area contributed by atoms with E-state index in [1.165, 1.54) is 19.2 Å². The Labute approximate surface area is 317 Å². The lowest BCUT2D eigenvalue weighted by Crippen LogP contribution is -2.70. The zero-order valence-corrected chi connectivity index (χ0v) is 32.7. The molecule has 0 saturated carbocycles. The van der Waals surface area contributed by atoms with E-state index in [0.29, 0.717) is 5.69 Å². The van der Waals surface area contributed by atoms with Crippen molar-refractivity contribution in [3.63, 3.8) is 0 Å². The SMILES string of the molecule is C[n+]1ccc(-c2cn(C[C@H]3NC(=O)[C@H]3NC(=O)/C(=N\OC(C)(C)C(=O)OC(C)(C)C)c3csc(NC(=O)OC(C)(C)C)n3)nn2)cc1.O=S(=O)([O-])C(F)(F)F. The summed E-state index contributed by atoms with van der Waals surface area (Å²) < 4.78 is 73.1. The topological polar surface area (TPSA) is 249 Å². The molecule has 3 N–H and O–H groups in total. The lowest BCUT2D eigenvalue weighted by atomic mass is 9.98. The van der Waals surface area contributed by atoms with Gasteiger partial charge in [-0.3, -0.25) is 14.9 Å². The molecule has 0 bridgehead atoms. The molecule has 1 aliphatic rings. The van der Waals surface area contributed by atoms with E-state index in [9.17, 15) is 32.3 Å². The molecule has 3 aromatic heterocycles.